The van der Waals surface area contributed by atoms with Crippen molar-refractivity contribution in [1.29, 1.82) is 0 Å². The van der Waals surface area contributed by atoms with E-state index in [2.05, 4.69) is 24.3 Å². The number of imide groups is 1. The van der Waals surface area contributed by atoms with Crippen LogP contribution in [0.2, 0.25) is 0 Å². The smallest absolute Gasteiger partial charge is 0.245 e. The lowest BCUT2D eigenvalue weighted by Crippen LogP contribution is -2.52. The molecule has 5 nitrogen and oxygen atoms in total. The summed E-state index contributed by atoms with van der Waals surface area (Å²) in [5, 5.41) is 0. The summed E-state index contributed by atoms with van der Waals surface area (Å²) in [5.41, 5.74) is 4.66. The first kappa shape index (κ1) is 21.9. The Morgan fingerprint density at radius 2 is 1.32 bits per heavy atom. The summed E-state index contributed by atoms with van der Waals surface area (Å²) in [6.45, 7) is 1.44. The summed E-state index contributed by atoms with van der Waals surface area (Å²) >= 11 is 1.65. The van der Waals surface area contributed by atoms with E-state index in [1.54, 1.807) is 11.8 Å². The molecule has 3 aliphatic carbocycles. The molecular weight excluding hydrogens is 444 g/mol. The maximum absolute atomic E-state index is 14.1. The summed E-state index contributed by atoms with van der Waals surface area (Å²) in [7, 11) is 0. The molecule has 2 bridgehead atoms. The Hall–Kier alpha value is -2.60. The number of carbonyl (C=O) groups excluding carboxylic acids is 3. The van der Waals surface area contributed by atoms with Crippen molar-refractivity contribution >= 4 is 29.5 Å². The number of carbonyl (C=O) groups is 3. The Morgan fingerprint density at radius 3 is 1.76 bits per heavy atom. The second-order valence-electron chi connectivity index (χ2n) is 9.99. The summed E-state index contributed by atoms with van der Waals surface area (Å²) in [6.07, 6.45) is 5.63. The predicted octanol–water partition coefficient (Wildman–Crippen LogP) is 4.01. The van der Waals surface area contributed by atoms with Gasteiger partial charge >= 0.3 is 0 Å². The molecule has 7 rings (SSSR count). The van der Waals surface area contributed by atoms with Crippen LogP contribution >= 0.6 is 11.8 Å². The average molecular weight is 475 g/mol. The highest BCUT2D eigenvalue weighted by Gasteiger charge is 2.63. The molecule has 0 spiro atoms. The fourth-order valence-corrected chi connectivity index (χ4v) is 7.38. The van der Waals surface area contributed by atoms with Crippen molar-refractivity contribution in [3.8, 4) is 0 Å². The van der Waals surface area contributed by atoms with Gasteiger partial charge in [0.1, 0.15) is 6.04 Å². The molecule has 0 radical (unpaired) electrons. The Kier molecular flexibility index (Phi) is 5.51. The van der Waals surface area contributed by atoms with Crippen LogP contribution in [0.1, 0.15) is 59.8 Å². The summed E-state index contributed by atoms with van der Waals surface area (Å²) < 4.78 is 0. The van der Waals surface area contributed by atoms with Gasteiger partial charge in [0.25, 0.3) is 0 Å². The molecule has 34 heavy (non-hydrogen) atoms. The molecule has 0 N–H and O–H groups in total. The van der Waals surface area contributed by atoms with E-state index in [0.29, 0.717) is 6.42 Å². The highest BCUT2D eigenvalue weighted by molar-refractivity contribution is 7.98. The van der Waals surface area contributed by atoms with Gasteiger partial charge in [0.15, 0.2) is 0 Å². The SMILES string of the molecule is CSCC[C@@H](C(=O)N1CCCCC1)N1C(=O)[C@H]2C3c4ccccc4C(c4ccccc43)[C@@H]2C1=O. The topological polar surface area (TPSA) is 57.7 Å². The minimum Gasteiger partial charge on any atom is -0.341 e. The Labute approximate surface area is 204 Å². The van der Waals surface area contributed by atoms with Crippen LogP contribution in [0.3, 0.4) is 0 Å². The lowest BCUT2D eigenvalue weighted by atomic mass is 9.55. The molecule has 2 heterocycles. The van der Waals surface area contributed by atoms with E-state index in [1.807, 2.05) is 35.4 Å². The van der Waals surface area contributed by atoms with Crippen molar-refractivity contribution in [3.05, 3.63) is 70.8 Å². The van der Waals surface area contributed by atoms with Gasteiger partial charge in [-0.3, -0.25) is 19.3 Å². The van der Waals surface area contributed by atoms with Crippen LogP contribution in [0.4, 0.5) is 0 Å². The van der Waals surface area contributed by atoms with E-state index < -0.39 is 17.9 Å². The van der Waals surface area contributed by atoms with Crippen LogP contribution < -0.4 is 0 Å². The number of amides is 3. The average Bonchev–Trinajstić information content (AvgIpc) is 3.15. The van der Waals surface area contributed by atoms with E-state index in [9.17, 15) is 14.4 Å². The van der Waals surface area contributed by atoms with Gasteiger partial charge in [-0.25, -0.2) is 0 Å². The number of piperidine rings is 1. The largest absolute Gasteiger partial charge is 0.341 e. The molecule has 2 aromatic carbocycles. The lowest BCUT2D eigenvalue weighted by molar-refractivity contribution is -0.152. The Morgan fingerprint density at radius 1 is 0.853 bits per heavy atom. The first-order valence-corrected chi connectivity index (χ1v) is 13.8. The van der Waals surface area contributed by atoms with Gasteiger partial charge in [0, 0.05) is 24.9 Å². The summed E-state index contributed by atoms with van der Waals surface area (Å²) in [4.78, 5) is 45.1. The summed E-state index contributed by atoms with van der Waals surface area (Å²) in [6, 6.07) is 15.9. The monoisotopic (exact) mass is 474 g/mol. The number of thioether (sulfide) groups is 1. The maximum Gasteiger partial charge on any atom is 0.245 e. The van der Waals surface area contributed by atoms with Gasteiger partial charge in [-0.1, -0.05) is 48.5 Å². The molecule has 2 aromatic rings. The summed E-state index contributed by atoms with van der Waals surface area (Å²) in [5.74, 6) is -0.705. The molecule has 2 saturated heterocycles. The van der Waals surface area contributed by atoms with Crippen LogP contribution in [-0.4, -0.2) is 58.7 Å². The van der Waals surface area contributed by atoms with Gasteiger partial charge < -0.3 is 4.90 Å². The molecule has 0 unspecified atom stereocenters. The number of rotatable bonds is 5. The Bertz CT molecular complexity index is 1040. The van der Waals surface area contributed by atoms with Crippen LogP contribution in [-0.2, 0) is 14.4 Å². The number of likely N-dealkylation sites (tertiary alicyclic amines) is 2. The number of hydrogen-bond acceptors (Lipinski definition) is 4. The van der Waals surface area contributed by atoms with Crippen molar-refractivity contribution in [2.24, 2.45) is 11.8 Å². The molecule has 3 amide bonds. The molecular formula is C28H30N2O3S. The lowest BCUT2D eigenvalue weighted by Gasteiger charge is -2.45. The van der Waals surface area contributed by atoms with Crippen LogP contribution in [0.25, 0.3) is 0 Å². The van der Waals surface area contributed by atoms with Gasteiger partial charge in [-0.05, 0) is 59.9 Å². The van der Waals surface area contributed by atoms with Crippen molar-refractivity contribution in [2.75, 3.05) is 25.1 Å². The van der Waals surface area contributed by atoms with Crippen molar-refractivity contribution in [3.63, 3.8) is 0 Å². The maximum atomic E-state index is 14.1. The molecule has 5 aliphatic rings. The van der Waals surface area contributed by atoms with Gasteiger partial charge in [0.05, 0.1) is 11.8 Å². The van der Waals surface area contributed by atoms with Crippen molar-refractivity contribution in [1.82, 2.24) is 9.80 Å². The zero-order valence-electron chi connectivity index (χ0n) is 19.5. The Balaban J connectivity index is 1.42. The van der Waals surface area contributed by atoms with E-state index in [-0.39, 0.29) is 29.6 Å². The second-order valence-corrected chi connectivity index (χ2v) is 11.0. The highest BCUT2D eigenvalue weighted by atomic mass is 32.2. The van der Waals surface area contributed by atoms with Crippen molar-refractivity contribution < 1.29 is 14.4 Å². The third kappa shape index (κ3) is 3.10. The molecule has 6 heteroatoms. The normalized spacial score (nSPS) is 27.9. The van der Waals surface area contributed by atoms with E-state index in [1.165, 1.54) is 27.2 Å². The zero-order chi connectivity index (χ0) is 23.4. The second kappa shape index (κ2) is 8.56. The van der Waals surface area contributed by atoms with Crippen molar-refractivity contribution in [2.45, 2.75) is 43.6 Å². The molecule has 3 atom stereocenters. The quantitative estimate of drug-likeness (QED) is 0.615. The van der Waals surface area contributed by atoms with Gasteiger partial charge in [-0.2, -0.15) is 11.8 Å². The predicted molar refractivity (Wildman–Crippen MR) is 133 cm³/mol. The third-order valence-electron chi connectivity index (χ3n) is 8.34. The highest BCUT2D eigenvalue weighted by Crippen LogP contribution is 2.61. The minimum atomic E-state index is -0.693. The molecule has 0 saturated carbocycles. The molecule has 176 valence electrons. The standard InChI is InChI=1S/C28H30N2O3S/c1-34-16-13-21(26(31)29-14-7-2-8-15-29)30-27(32)24-22-17-9-3-4-10-18(17)23(25(24)28(30)33)20-12-6-5-11-19(20)22/h3-6,9-12,21-25H,2,7-8,13-16H2,1H3/t21-,22?,23?,24-,25-/m0/s1. The number of benzene rings is 2. The van der Waals surface area contributed by atoms with Gasteiger partial charge in [-0.15, -0.1) is 0 Å². The van der Waals surface area contributed by atoms with E-state index in [0.717, 1.165) is 38.1 Å². The van der Waals surface area contributed by atoms with Crippen LogP contribution in [0, 0.1) is 11.8 Å². The fraction of sp³-hybridized carbons (Fsp3) is 0.464. The van der Waals surface area contributed by atoms with E-state index >= 15 is 0 Å². The van der Waals surface area contributed by atoms with Crippen LogP contribution in [0.15, 0.2) is 48.5 Å². The number of nitrogens with zero attached hydrogens (tertiary/aromatic N) is 2. The fourth-order valence-electron chi connectivity index (χ4n) is 6.93. The molecule has 2 fully saturated rings. The van der Waals surface area contributed by atoms with Crippen LogP contribution in [0.5, 0.6) is 0 Å². The van der Waals surface area contributed by atoms with Gasteiger partial charge in [0.2, 0.25) is 17.7 Å². The molecule has 2 aliphatic heterocycles. The third-order valence-corrected chi connectivity index (χ3v) is 8.99. The first-order chi connectivity index (χ1) is 16.6. The number of hydrogen-bond donors (Lipinski definition) is 0. The first-order valence-electron chi connectivity index (χ1n) is 12.5. The van der Waals surface area contributed by atoms with E-state index in [4.69, 9.17) is 0 Å². The zero-order valence-corrected chi connectivity index (χ0v) is 20.3. The molecule has 0 aromatic heterocycles. The minimum absolute atomic E-state index is 0.0449.